The summed E-state index contributed by atoms with van der Waals surface area (Å²) in [5.41, 5.74) is 1.06. The molecule has 0 saturated carbocycles. The predicted octanol–water partition coefficient (Wildman–Crippen LogP) is 3.76. The maximum Gasteiger partial charge on any atom is 0.422 e. The molecule has 1 aromatic carbocycles. The van der Waals surface area contributed by atoms with Crippen LogP contribution in [-0.4, -0.2) is 37.4 Å². The molecule has 0 spiro atoms. The van der Waals surface area contributed by atoms with E-state index in [1.54, 1.807) is 30.3 Å². The Labute approximate surface area is 166 Å². The molecule has 156 valence electrons. The van der Waals surface area contributed by atoms with Gasteiger partial charge >= 0.3 is 6.18 Å². The molecule has 1 heterocycles. The fourth-order valence-corrected chi connectivity index (χ4v) is 2.32. The molecule has 29 heavy (non-hydrogen) atoms. The molecular weight excluding hydrogens is 389 g/mol. The summed E-state index contributed by atoms with van der Waals surface area (Å²) < 4.78 is 52.3. The second-order valence-electron chi connectivity index (χ2n) is 5.77. The van der Waals surface area contributed by atoms with E-state index in [2.05, 4.69) is 15.0 Å². The molecule has 0 unspecified atom stereocenters. The molecule has 1 amide bonds. The van der Waals surface area contributed by atoms with Crippen LogP contribution in [0, 0.1) is 0 Å². The Morgan fingerprint density at radius 1 is 1.21 bits per heavy atom. The first kappa shape index (κ1) is 22.1. The number of nitrogens with one attached hydrogen (secondary N) is 1. The number of carbonyl (C=O) groups is 1. The van der Waals surface area contributed by atoms with Crippen molar-refractivity contribution < 1.29 is 32.2 Å². The Kier molecular flexibility index (Phi) is 7.88. The fourth-order valence-electron chi connectivity index (χ4n) is 2.32. The van der Waals surface area contributed by atoms with Gasteiger partial charge in [-0.15, -0.1) is 0 Å². The van der Waals surface area contributed by atoms with Crippen LogP contribution in [0.2, 0.25) is 0 Å². The monoisotopic (exact) mass is 410 g/mol. The van der Waals surface area contributed by atoms with Crippen molar-refractivity contribution in [3.05, 3.63) is 53.7 Å². The third-order valence-corrected chi connectivity index (χ3v) is 3.59. The van der Waals surface area contributed by atoms with Crippen LogP contribution in [-0.2, 0) is 11.3 Å². The Morgan fingerprint density at radius 2 is 2.00 bits per heavy atom. The van der Waals surface area contributed by atoms with Crippen LogP contribution in [0.3, 0.4) is 0 Å². The summed E-state index contributed by atoms with van der Waals surface area (Å²) >= 11 is 0. The summed E-state index contributed by atoms with van der Waals surface area (Å²) in [7, 11) is 1.53. The number of methoxy groups -OCH3 is 1. The summed E-state index contributed by atoms with van der Waals surface area (Å²) in [5, 5.41) is 2.59. The van der Waals surface area contributed by atoms with Crippen molar-refractivity contribution in [1.29, 1.82) is 0 Å². The van der Waals surface area contributed by atoms with Crippen LogP contribution in [0.5, 0.6) is 17.4 Å². The number of aromatic nitrogens is 1. The first-order valence-electron chi connectivity index (χ1n) is 8.72. The third-order valence-electron chi connectivity index (χ3n) is 3.59. The van der Waals surface area contributed by atoms with Crippen LogP contribution in [0.15, 0.2) is 42.6 Å². The Hall–Kier alpha value is -3.23. The highest BCUT2D eigenvalue weighted by Gasteiger charge is 2.29. The SMILES string of the molecule is CCOc1cc(/C=C/C(=O)NCc2cccnc2OCC(F)(F)F)ccc1OC. The van der Waals surface area contributed by atoms with Crippen LogP contribution in [0.1, 0.15) is 18.1 Å². The molecule has 0 bridgehead atoms. The summed E-state index contributed by atoms with van der Waals surface area (Å²) in [6, 6.07) is 8.29. The molecular formula is C20H21F3N2O4. The van der Waals surface area contributed by atoms with E-state index in [1.807, 2.05) is 6.92 Å². The molecule has 0 aliphatic rings. The van der Waals surface area contributed by atoms with Gasteiger partial charge in [0.1, 0.15) is 0 Å². The lowest BCUT2D eigenvalue weighted by atomic mass is 10.2. The van der Waals surface area contributed by atoms with Crippen molar-refractivity contribution in [2.45, 2.75) is 19.6 Å². The average molecular weight is 410 g/mol. The summed E-state index contributed by atoms with van der Waals surface area (Å²) in [4.78, 5) is 15.8. The summed E-state index contributed by atoms with van der Waals surface area (Å²) in [5.74, 6) is 0.533. The number of hydrogen-bond donors (Lipinski definition) is 1. The standard InChI is InChI=1S/C20H21F3N2O4/c1-3-28-17-11-14(6-8-16(17)27-2)7-9-18(26)25-12-15-5-4-10-24-19(15)29-13-20(21,22)23/h4-11H,3,12-13H2,1-2H3,(H,25,26)/b9-7+. The number of rotatable bonds is 9. The normalized spacial score (nSPS) is 11.3. The van der Waals surface area contributed by atoms with Crippen LogP contribution in [0.25, 0.3) is 6.08 Å². The van der Waals surface area contributed by atoms with Gasteiger partial charge in [0.05, 0.1) is 13.7 Å². The maximum atomic E-state index is 12.3. The molecule has 2 aromatic rings. The smallest absolute Gasteiger partial charge is 0.422 e. The largest absolute Gasteiger partial charge is 0.493 e. The Bertz CT molecular complexity index is 854. The third kappa shape index (κ3) is 7.36. The fraction of sp³-hybridized carbons (Fsp3) is 0.300. The molecule has 2 rings (SSSR count). The van der Waals surface area contributed by atoms with E-state index < -0.39 is 18.7 Å². The van der Waals surface area contributed by atoms with Crippen molar-refractivity contribution in [3.63, 3.8) is 0 Å². The first-order chi connectivity index (χ1) is 13.8. The summed E-state index contributed by atoms with van der Waals surface area (Å²) in [6.07, 6.45) is -0.262. The van der Waals surface area contributed by atoms with Crippen molar-refractivity contribution in [3.8, 4) is 17.4 Å². The highest BCUT2D eigenvalue weighted by Crippen LogP contribution is 2.28. The van der Waals surface area contributed by atoms with Gasteiger partial charge in [-0.1, -0.05) is 12.1 Å². The molecule has 0 radical (unpaired) electrons. The lowest BCUT2D eigenvalue weighted by Crippen LogP contribution is -2.23. The highest BCUT2D eigenvalue weighted by atomic mass is 19.4. The van der Waals surface area contributed by atoms with Gasteiger partial charge in [-0.2, -0.15) is 13.2 Å². The van der Waals surface area contributed by atoms with E-state index in [4.69, 9.17) is 9.47 Å². The minimum absolute atomic E-state index is 0.0307. The zero-order valence-electron chi connectivity index (χ0n) is 16.0. The van der Waals surface area contributed by atoms with Gasteiger partial charge in [-0.3, -0.25) is 4.79 Å². The van der Waals surface area contributed by atoms with E-state index in [0.29, 0.717) is 23.7 Å². The van der Waals surface area contributed by atoms with Crippen LogP contribution >= 0.6 is 0 Å². The Morgan fingerprint density at radius 3 is 2.69 bits per heavy atom. The molecule has 0 atom stereocenters. The van der Waals surface area contributed by atoms with Crippen molar-refractivity contribution >= 4 is 12.0 Å². The lowest BCUT2D eigenvalue weighted by molar-refractivity contribution is -0.154. The second-order valence-corrected chi connectivity index (χ2v) is 5.77. The minimum Gasteiger partial charge on any atom is -0.493 e. The van der Waals surface area contributed by atoms with E-state index in [-0.39, 0.29) is 12.4 Å². The van der Waals surface area contributed by atoms with E-state index in [0.717, 1.165) is 5.56 Å². The predicted molar refractivity (Wildman–Crippen MR) is 101 cm³/mol. The van der Waals surface area contributed by atoms with Gasteiger partial charge in [-0.25, -0.2) is 4.98 Å². The lowest BCUT2D eigenvalue weighted by Gasteiger charge is -2.12. The number of ether oxygens (including phenoxy) is 3. The van der Waals surface area contributed by atoms with E-state index in [9.17, 15) is 18.0 Å². The number of amides is 1. The molecule has 9 heteroatoms. The van der Waals surface area contributed by atoms with Crippen LogP contribution in [0.4, 0.5) is 13.2 Å². The van der Waals surface area contributed by atoms with Crippen molar-refractivity contribution in [1.82, 2.24) is 10.3 Å². The molecule has 1 N–H and O–H groups in total. The average Bonchev–Trinajstić information content (AvgIpc) is 2.69. The zero-order valence-corrected chi connectivity index (χ0v) is 16.0. The van der Waals surface area contributed by atoms with Gasteiger partial charge in [0.2, 0.25) is 11.8 Å². The number of carbonyl (C=O) groups excluding carboxylic acids is 1. The van der Waals surface area contributed by atoms with Gasteiger partial charge in [0.25, 0.3) is 0 Å². The number of nitrogens with zero attached hydrogens (tertiary/aromatic N) is 1. The van der Waals surface area contributed by atoms with Crippen molar-refractivity contribution in [2.24, 2.45) is 0 Å². The zero-order chi connectivity index (χ0) is 21.3. The molecule has 0 fully saturated rings. The maximum absolute atomic E-state index is 12.3. The number of halogens is 3. The minimum atomic E-state index is -4.47. The van der Waals surface area contributed by atoms with Gasteiger partial charge in [0.15, 0.2) is 18.1 Å². The molecule has 0 saturated heterocycles. The molecule has 0 aliphatic heterocycles. The van der Waals surface area contributed by atoms with Crippen LogP contribution < -0.4 is 19.5 Å². The highest BCUT2D eigenvalue weighted by molar-refractivity contribution is 5.91. The van der Waals surface area contributed by atoms with Gasteiger partial charge in [-0.05, 0) is 36.8 Å². The molecule has 1 aromatic heterocycles. The topological polar surface area (TPSA) is 69.7 Å². The number of hydrogen-bond acceptors (Lipinski definition) is 5. The Balaban J connectivity index is 1.97. The van der Waals surface area contributed by atoms with Gasteiger partial charge < -0.3 is 19.5 Å². The van der Waals surface area contributed by atoms with E-state index >= 15 is 0 Å². The first-order valence-corrected chi connectivity index (χ1v) is 8.72. The second kappa shape index (κ2) is 10.4. The molecule has 0 aliphatic carbocycles. The van der Waals surface area contributed by atoms with E-state index in [1.165, 1.54) is 25.4 Å². The molecule has 6 nitrogen and oxygen atoms in total. The summed E-state index contributed by atoms with van der Waals surface area (Å²) in [6.45, 7) is 0.829. The number of pyridine rings is 1. The quantitative estimate of drug-likeness (QED) is 0.638. The number of benzene rings is 1. The van der Waals surface area contributed by atoms with Gasteiger partial charge in [0, 0.05) is 24.4 Å². The number of alkyl halides is 3. The van der Waals surface area contributed by atoms with Crippen molar-refractivity contribution in [2.75, 3.05) is 20.3 Å².